The predicted octanol–water partition coefficient (Wildman–Crippen LogP) is 2.81. The Hall–Kier alpha value is -1.07. The zero-order chi connectivity index (χ0) is 15.2. The van der Waals surface area contributed by atoms with E-state index in [2.05, 4.69) is 5.32 Å². The number of sulfone groups is 1. The number of hydrogen-bond donors (Lipinski definition) is 1. The summed E-state index contributed by atoms with van der Waals surface area (Å²) in [5.41, 5.74) is 0. The Morgan fingerprint density at radius 1 is 1.30 bits per heavy atom. The summed E-state index contributed by atoms with van der Waals surface area (Å²) in [5.74, 6) is -0.428. The highest BCUT2D eigenvalue weighted by Gasteiger charge is 2.17. The van der Waals surface area contributed by atoms with Crippen LogP contribution in [-0.2, 0) is 14.6 Å². The Labute approximate surface area is 125 Å². The van der Waals surface area contributed by atoms with Crippen LogP contribution in [0.3, 0.4) is 0 Å². The molecule has 0 bridgehead atoms. The van der Waals surface area contributed by atoms with Crippen molar-refractivity contribution in [2.24, 2.45) is 0 Å². The standard InChI is InChI=1S/C14H20ClNO3S/c1-3-4-11(2)16-14(17)9-10-20(18,19)13-7-5-12(15)6-8-13/h5-8,11H,3-4,9-10H2,1-2H3,(H,16,17)/t11-/m0/s1. The first kappa shape index (κ1) is 17.0. The molecule has 1 aromatic rings. The van der Waals surface area contributed by atoms with Crippen LogP contribution in [0.25, 0.3) is 0 Å². The molecule has 0 heterocycles. The van der Waals surface area contributed by atoms with Crippen LogP contribution in [0.2, 0.25) is 5.02 Å². The number of carbonyl (C=O) groups excluding carboxylic acids is 1. The van der Waals surface area contributed by atoms with Gasteiger partial charge in [-0.15, -0.1) is 0 Å². The van der Waals surface area contributed by atoms with Crippen LogP contribution in [0.4, 0.5) is 0 Å². The highest BCUT2D eigenvalue weighted by molar-refractivity contribution is 7.91. The Kier molecular flexibility index (Phi) is 6.49. The lowest BCUT2D eigenvalue weighted by molar-refractivity contribution is -0.121. The van der Waals surface area contributed by atoms with E-state index in [1.165, 1.54) is 24.3 Å². The maximum absolute atomic E-state index is 12.0. The van der Waals surface area contributed by atoms with E-state index < -0.39 is 9.84 Å². The summed E-state index contributed by atoms with van der Waals surface area (Å²) in [6, 6.07) is 6.03. The highest BCUT2D eigenvalue weighted by atomic mass is 35.5. The molecule has 0 unspecified atom stereocenters. The van der Waals surface area contributed by atoms with Crippen molar-refractivity contribution in [1.82, 2.24) is 5.32 Å². The smallest absolute Gasteiger partial charge is 0.221 e. The van der Waals surface area contributed by atoms with Gasteiger partial charge in [0.25, 0.3) is 0 Å². The first-order valence-corrected chi connectivity index (χ1v) is 8.66. The van der Waals surface area contributed by atoms with Crippen LogP contribution in [0, 0.1) is 0 Å². The summed E-state index contributed by atoms with van der Waals surface area (Å²) < 4.78 is 24.1. The number of nitrogens with one attached hydrogen (secondary N) is 1. The van der Waals surface area contributed by atoms with Crippen LogP contribution >= 0.6 is 11.6 Å². The van der Waals surface area contributed by atoms with Crippen molar-refractivity contribution < 1.29 is 13.2 Å². The molecule has 0 aromatic heterocycles. The highest BCUT2D eigenvalue weighted by Crippen LogP contribution is 2.16. The molecule has 1 rings (SSSR count). The average molecular weight is 318 g/mol. The molecule has 4 nitrogen and oxygen atoms in total. The van der Waals surface area contributed by atoms with E-state index in [-0.39, 0.29) is 29.0 Å². The number of halogens is 1. The van der Waals surface area contributed by atoms with Gasteiger partial charge in [-0.3, -0.25) is 4.79 Å². The lowest BCUT2D eigenvalue weighted by atomic mass is 10.2. The maximum atomic E-state index is 12.0. The van der Waals surface area contributed by atoms with E-state index in [0.29, 0.717) is 5.02 Å². The summed E-state index contributed by atoms with van der Waals surface area (Å²) >= 11 is 5.72. The molecular weight excluding hydrogens is 298 g/mol. The maximum Gasteiger partial charge on any atom is 0.221 e. The van der Waals surface area contributed by atoms with Crippen molar-refractivity contribution in [3.63, 3.8) is 0 Å². The minimum atomic E-state index is -3.44. The van der Waals surface area contributed by atoms with Crippen LogP contribution in [0.1, 0.15) is 33.1 Å². The largest absolute Gasteiger partial charge is 0.354 e. The number of hydrogen-bond acceptors (Lipinski definition) is 3. The third-order valence-electron chi connectivity index (χ3n) is 2.90. The molecule has 20 heavy (non-hydrogen) atoms. The molecule has 0 aliphatic carbocycles. The van der Waals surface area contributed by atoms with Gasteiger partial charge in [0.05, 0.1) is 10.6 Å². The lowest BCUT2D eigenvalue weighted by Crippen LogP contribution is -2.33. The predicted molar refractivity (Wildman–Crippen MR) is 80.6 cm³/mol. The molecule has 6 heteroatoms. The molecule has 0 aliphatic heterocycles. The van der Waals surface area contributed by atoms with Gasteiger partial charge in [0.2, 0.25) is 5.91 Å². The Balaban J connectivity index is 2.55. The number of benzene rings is 1. The Bertz CT molecular complexity index is 540. The zero-order valence-electron chi connectivity index (χ0n) is 11.7. The van der Waals surface area contributed by atoms with Crippen molar-refractivity contribution in [3.05, 3.63) is 29.3 Å². The van der Waals surface area contributed by atoms with Crippen LogP contribution in [0.5, 0.6) is 0 Å². The molecule has 1 amide bonds. The minimum Gasteiger partial charge on any atom is -0.354 e. The molecule has 0 saturated heterocycles. The molecule has 1 N–H and O–H groups in total. The van der Waals surface area contributed by atoms with E-state index >= 15 is 0 Å². The van der Waals surface area contributed by atoms with E-state index in [4.69, 9.17) is 11.6 Å². The Morgan fingerprint density at radius 3 is 2.45 bits per heavy atom. The molecule has 0 spiro atoms. The van der Waals surface area contributed by atoms with Crippen LogP contribution in [0.15, 0.2) is 29.2 Å². The summed E-state index contributed by atoms with van der Waals surface area (Å²) in [4.78, 5) is 11.9. The molecule has 0 saturated carbocycles. The third kappa shape index (κ3) is 5.51. The Morgan fingerprint density at radius 2 is 1.90 bits per heavy atom. The van der Waals surface area contributed by atoms with Crippen molar-refractivity contribution in [3.8, 4) is 0 Å². The van der Waals surface area contributed by atoms with E-state index in [1.807, 2.05) is 13.8 Å². The fraction of sp³-hybridized carbons (Fsp3) is 0.500. The molecular formula is C14H20ClNO3S. The lowest BCUT2D eigenvalue weighted by Gasteiger charge is -2.12. The number of rotatable bonds is 7. The third-order valence-corrected chi connectivity index (χ3v) is 4.88. The quantitative estimate of drug-likeness (QED) is 0.841. The topological polar surface area (TPSA) is 63.2 Å². The summed E-state index contributed by atoms with van der Waals surface area (Å²) in [7, 11) is -3.44. The minimum absolute atomic E-state index is 0.0288. The monoisotopic (exact) mass is 317 g/mol. The van der Waals surface area contributed by atoms with Gasteiger partial charge in [0, 0.05) is 17.5 Å². The summed E-state index contributed by atoms with van der Waals surface area (Å²) in [6.07, 6.45) is 1.83. The van der Waals surface area contributed by atoms with Gasteiger partial charge in [-0.05, 0) is 37.6 Å². The van der Waals surface area contributed by atoms with E-state index in [1.54, 1.807) is 0 Å². The molecule has 1 aromatic carbocycles. The first-order valence-electron chi connectivity index (χ1n) is 6.63. The second-order valence-electron chi connectivity index (χ2n) is 4.78. The van der Waals surface area contributed by atoms with E-state index in [0.717, 1.165) is 12.8 Å². The van der Waals surface area contributed by atoms with E-state index in [9.17, 15) is 13.2 Å². The second kappa shape index (κ2) is 7.64. The molecule has 1 atom stereocenters. The van der Waals surface area contributed by atoms with Crippen molar-refractivity contribution in [2.75, 3.05) is 5.75 Å². The van der Waals surface area contributed by atoms with Gasteiger partial charge >= 0.3 is 0 Å². The fourth-order valence-corrected chi connectivity index (χ4v) is 3.21. The number of amides is 1. The number of carbonyl (C=O) groups is 1. The fourth-order valence-electron chi connectivity index (χ4n) is 1.84. The molecule has 0 aliphatic rings. The zero-order valence-corrected chi connectivity index (χ0v) is 13.3. The van der Waals surface area contributed by atoms with Gasteiger partial charge in [0.1, 0.15) is 0 Å². The van der Waals surface area contributed by atoms with Gasteiger partial charge < -0.3 is 5.32 Å². The van der Waals surface area contributed by atoms with Crippen molar-refractivity contribution in [1.29, 1.82) is 0 Å². The van der Waals surface area contributed by atoms with Gasteiger partial charge in [-0.1, -0.05) is 24.9 Å². The van der Waals surface area contributed by atoms with Crippen LogP contribution in [-0.4, -0.2) is 26.1 Å². The molecule has 0 fully saturated rings. The second-order valence-corrected chi connectivity index (χ2v) is 7.33. The molecule has 0 radical (unpaired) electrons. The van der Waals surface area contributed by atoms with Crippen molar-refractivity contribution in [2.45, 2.75) is 44.0 Å². The van der Waals surface area contributed by atoms with Crippen LogP contribution < -0.4 is 5.32 Å². The van der Waals surface area contributed by atoms with Crippen molar-refractivity contribution >= 4 is 27.3 Å². The first-order chi connectivity index (χ1) is 9.35. The summed E-state index contributed by atoms with van der Waals surface area (Å²) in [6.45, 7) is 3.95. The SMILES string of the molecule is CCC[C@H](C)NC(=O)CCS(=O)(=O)c1ccc(Cl)cc1. The normalized spacial score (nSPS) is 12.9. The van der Waals surface area contributed by atoms with Gasteiger partial charge in [-0.2, -0.15) is 0 Å². The molecule has 112 valence electrons. The summed E-state index contributed by atoms with van der Waals surface area (Å²) in [5, 5.41) is 3.27. The average Bonchev–Trinajstić information content (AvgIpc) is 2.37. The van der Waals surface area contributed by atoms with Gasteiger partial charge in [-0.25, -0.2) is 8.42 Å². The van der Waals surface area contributed by atoms with Gasteiger partial charge in [0.15, 0.2) is 9.84 Å².